The minimum Gasteiger partial charge on any atom is -0.493 e. The topological polar surface area (TPSA) is 55.6 Å². The lowest BCUT2D eigenvalue weighted by Gasteiger charge is -2.12. The largest absolute Gasteiger partial charge is 0.493 e. The fourth-order valence-corrected chi connectivity index (χ4v) is 1.64. The summed E-state index contributed by atoms with van der Waals surface area (Å²) in [6.07, 6.45) is 1.23. The number of nitrogens with zero attached hydrogens (tertiary/aromatic N) is 1. The van der Waals surface area contributed by atoms with Crippen molar-refractivity contribution in [3.63, 3.8) is 0 Å². The molecule has 100 valence electrons. The van der Waals surface area contributed by atoms with Gasteiger partial charge in [-0.3, -0.25) is 4.79 Å². The van der Waals surface area contributed by atoms with E-state index in [1.54, 1.807) is 19.0 Å². The molecule has 0 fully saturated rings. The van der Waals surface area contributed by atoms with Crippen molar-refractivity contribution < 1.29 is 9.53 Å². The summed E-state index contributed by atoms with van der Waals surface area (Å²) >= 11 is 0. The summed E-state index contributed by atoms with van der Waals surface area (Å²) in [6, 6.07) is 5.96. The molecule has 0 saturated carbocycles. The molecule has 1 aromatic rings. The minimum absolute atomic E-state index is 0.126. The van der Waals surface area contributed by atoms with Crippen LogP contribution in [0.5, 0.6) is 5.75 Å². The molecule has 0 bridgehead atoms. The molecule has 4 heteroatoms. The summed E-state index contributed by atoms with van der Waals surface area (Å²) in [5, 5.41) is 0. The van der Waals surface area contributed by atoms with Gasteiger partial charge in [-0.25, -0.2) is 0 Å². The SMILES string of the molecule is Cc1ccc(OCCCC(=O)N(C)C)c(CN)c1. The van der Waals surface area contributed by atoms with Crippen LogP contribution in [0.1, 0.15) is 24.0 Å². The normalized spacial score (nSPS) is 10.2. The van der Waals surface area contributed by atoms with Gasteiger partial charge in [0.05, 0.1) is 6.61 Å². The number of hydrogen-bond acceptors (Lipinski definition) is 3. The van der Waals surface area contributed by atoms with E-state index in [9.17, 15) is 4.79 Å². The maximum atomic E-state index is 11.4. The van der Waals surface area contributed by atoms with Crippen molar-refractivity contribution in [3.8, 4) is 5.75 Å². The van der Waals surface area contributed by atoms with Crippen LogP contribution in [0.15, 0.2) is 18.2 Å². The third kappa shape index (κ3) is 4.37. The standard InChI is InChI=1S/C14H22N2O2/c1-11-6-7-13(12(9-11)10-15)18-8-4-5-14(17)16(2)3/h6-7,9H,4-5,8,10,15H2,1-3H3. The summed E-state index contributed by atoms with van der Waals surface area (Å²) in [5.74, 6) is 0.946. The fraction of sp³-hybridized carbons (Fsp3) is 0.500. The maximum Gasteiger partial charge on any atom is 0.222 e. The summed E-state index contributed by atoms with van der Waals surface area (Å²) in [6.45, 7) is 3.03. The Labute approximate surface area is 109 Å². The van der Waals surface area contributed by atoms with Crippen LogP contribution in [-0.4, -0.2) is 31.5 Å². The Balaban J connectivity index is 2.42. The third-order valence-electron chi connectivity index (χ3n) is 2.73. The van der Waals surface area contributed by atoms with Gasteiger partial charge in [0, 0.05) is 32.6 Å². The van der Waals surface area contributed by atoms with Crippen LogP contribution in [0.2, 0.25) is 0 Å². The smallest absolute Gasteiger partial charge is 0.222 e. The van der Waals surface area contributed by atoms with Gasteiger partial charge in [-0.1, -0.05) is 17.7 Å². The monoisotopic (exact) mass is 250 g/mol. The van der Waals surface area contributed by atoms with E-state index >= 15 is 0 Å². The summed E-state index contributed by atoms with van der Waals surface area (Å²) in [5.41, 5.74) is 7.85. The molecule has 0 atom stereocenters. The Morgan fingerprint density at radius 2 is 2.11 bits per heavy atom. The van der Waals surface area contributed by atoms with Crippen molar-refractivity contribution in [2.45, 2.75) is 26.3 Å². The number of carbonyl (C=O) groups excluding carboxylic acids is 1. The van der Waals surface area contributed by atoms with Crippen molar-refractivity contribution in [3.05, 3.63) is 29.3 Å². The Hall–Kier alpha value is -1.55. The predicted octanol–water partition coefficient (Wildman–Crippen LogP) is 1.70. The van der Waals surface area contributed by atoms with Gasteiger partial charge in [-0.05, 0) is 19.4 Å². The molecule has 18 heavy (non-hydrogen) atoms. The highest BCUT2D eigenvalue weighted by molar-refractivity contribution is 5.75. The Morgan fingerprint density at radius 3 is 2.72 bits per heavy atom. The zero-order chi connectivity index (χ0) is 13.5. The van der Waals surface area contributed by atoms with Crippen molar-refractivity contribution in [2.24, 2.45) is 5.73 Å². The molecule has 0 aliphatic heterocycles. The van der Waals surface area contributed by atoms with Gasteiger partial charge >= 0.3 is 0 Å². The molecule has 4 nitrogen and oxygen atoms in total. The van der Waals surface area contributed by atoms with Crippen molar-refractivity contribution in [1.82, 2.24) is 4.90 Å². The first-order chi connectivity index (χ1) is 8.54. The highest BCUT2D eigenvalue weighted by Crippen LogP contribution is 2.19. The number of rotatable bonds is 6. The van der Waals surface area contributed by atoms with Crippen LogP contribution < -0.4 is 10.5 Å². The van der Waals surface area contributed by atoms with E-state index in [-0.39, 0.29) is 5.91 Å². The zero-order valence-corrected chi connectivity index (χ0v) is 11.4. The number of aryl methyl sites for hydroxylation is 1. The molecule has 0 aromatic heterocycles. The van der Waals surface area contributed by atoms with Crippen LogP contribution >= 0.6 is 0 Å². The van der Waals surface area contributed by atoms with Gasteiger partial charge in [0.2, 0.25) is 5.91 Å². The summed E-state index contributed by atoms with van der Waals surface area (Å²) in [4.78, 5) is 13.0. The van der Waals surface area contributed by atoms with Crippen molar-refractivity contribution in [1.29, 1.82) is 0 Å². The molecular weight excluding hydrogens is 228 g/mol. The number of amides is 1. The van der Waals surface area contributed by atoms with Crippen LogP contribution in [0.4, 0.5) is 0 Å². The molecule has 0 radical (unpaired) electrons. The first-order valence-corrected chi connectivity index (χ1v) is 6.17. The molecule has 0 unspecified atom stereocenters. The Morgan fingerprint density at radius 1 is 1.39 bits per heavy atom. The van der Waals surface area contributed by atoms with E-state index in [2.05, 4.69) is 0 Å². The molecule has 0 spiro atoms. The summed E-state index contributed by atoms with van der Waals surface area (Å²) < 4.78 is 5.66. The number of ether oxygens (including phenoxy) is 1. The first kappa shape index (κ1) is 14.5. The molecule has 0 heterocycles. The third-order valence-corrected chi connectivity index (χ3v) is 2.73. The minimum atomic E-state index is 0.126. The first-order valence-electron chi connectivity index (χ1n) is 6.17. The molecule has 1 rings (SSSR count). The molecular formula is C14H22N2O2. The van der Waals surface area contributed by atoms with E-state index in [1.165, 1.54) is 5.56 Å². The van der Waals surface area contributed by atoms with E-state index in [0.717, 1.165) is 17.7 Å². The molecule has 0 aliphatic carbocycles. The number of nitrogens with two attached hydrogens (primary N) is 1. The van der Waals surface area contributed by atoms with Gasteiger partial charge in [-0.2, -0.15) is 0 Å². The van der Waals surface area contributed by atoms with Crippen molar-refractivity contribution >= 4 is 5.91 Å². The van der Waals surface area contributed by atoms with Gasteiger partial charge < -0.3 is 15.4 Å². The summed E-state index contributed by atoms with van der Waals surface area (Å²) in [7, 11) is 3.52. The Bertz CT molecular complexity index is 403. The van der Waals surface area contributed by atoms with E-state index in [1.807, 2.05) is 25.1 Å². The quantitative estimate of drug-likeness (QED) is 0.782. The molecule has 0 aliphatic rings. The highest BCUT2D eigenvalue weighted by atomic mass is 16.5. The average Bonchev–Trinajstić information content (AvgIpc) is 2.35. The van der Waals surface area contributed by atoms with Crippen LogP contribution in [0.25, 0.3) is 0 Å². The van der Waals surface area contributed by atoms with E-state index in [4.69, 9.17) is 10.5 Å². The van der Waals surface area contributed by atoms with Gasteiger partial charge in [0.1, 0.15) is 5.75 Å². The second-order valence-electron chi connectivity index (χ2n) is 4.56. The van der Waals surface area contributed by atoms with Crippen LogP contribution in [-0.2, 0) is 11.3 Å². The number of hydrogen-bond donors (Lipinski definition) is 1. The lowest BCUT2D eigenvalue weighted by molar-refractivity contribution is -0.128. The fourth-order valence-electron chi connectivity index (χ4n) is 1.64. The van der Waals surface area contributed by atoms with Gasteiger partial charge in [-0.15, -0.1) is 0 Å². The number of benzene rings is 1. The highest BCUT2D eigenvalue weighted by Gasteiger charge is 2.05. The zero-order valence-electron chi connectivity index (χ0n) is 11.4. The molecule has 1 amide bonds. The predicted molar refractivity (Wildman–Crippen MR) is 72.5 cm³/mol. The van der Waals surface area contributed by atoms with E-state index < -0.39 is 0 Å². The maximum absolute atomic E-state index is 11.4. The second kappa shape index (κ2) is 7.01. The molecule has 0 saturated heterocycles. The average molecular weight is 250 g/mol. The Kier molecular flexibility index (Phi) is 5.65. The molecule has 2 N–H and O–H groups in total. The lowest BCUT2D eigenvalue weighted by atomic mass is 10.1. The van der Waals surface area contributed by atoms with Crippen molar-refractivity contribution in [2.75, 3.05) is 20.7 Å². The molecule has 1 aromatic carbocycles. The van der Waals surface area contributed by atoms with E-state index in [0.29, 0.717) is 19.6 Å². The van der Waals surface area contributed by atoms with Gasteiger partial charge in [0.25, 0.3) is 0 Å². The number of carbonyl (C=O) groups is 1. The van der Waals surface area contributed by atoms with Gasteiger partial charge in [0.15, 0.2) is 0 Å². The van der Waals surface area contributed by atoms with Crippen LogP contribution in [0, 0.1) is 6.92 Å². The lowest BCUT2D eigenvalue weighted by Crippen LogP contribution is -2.21. The second-order valence-corrected chi connectivity index (χ2v) is 4.56. The van der Waals surface area contributed by atoms with Crippen LogP contribution in [0.3, 0.4) is 0 Å².